The molecule has 3 atom stereocenters. The fourth-order valence-electron chi connectivity index (χ4n) is 2.81. The largest absolute Gasteiger partial charge is 0.380 e. The summed E-state index contributed by atoms with van der Waals surface area (Å²) in [7, 11) is 0. The normalized spacial score (nSPS) is 26.2. The number of rotatable bonds is 4. The molecule has 5 heteroatoms. The van der Waals surface area contributed by atoms with Crippen LogP contribution < -0.4 is 10.9 Å². The van der Waals surface area contributed by atoms with Crippen molar-refractivity contribution >= 4 is 21.6 Å². The van der Waals surface area contributed by atoms with Gasteiger partial charge < -0.3 is 5.32 Å². The van der Waals surface area contributed by atoms with Crippen molar-refractivity contribution in [1.29, 1.82) is 0 Å². The van der Waals surface area contributed by atoms with Crippen molar-refractivity contribution in [3.63, 3.8) is 0 Å². The molecule has 1 N–H and O–H groups in total. The molecule has 0 spiro atoms. The zero-order valence-electron chi connectivity index (χ0n) is 12.7. The van der Waals surface area contributed by atoms with Gasteiger partial charge in [-0.05, 0) is 46.5 Å². The molecule has 1 saturated carbocycles. The Hall–Kier alpha value is -0.840. The highest BCUT2D eigenvalue weighted by Gasteiger charge is 2.30. The van der Waals surface area contributed by atoms with Gasteiger partial charge in [0.2, 0.25) is 0 Å². The van der Waals surface area contributed by atoms with E-state index >= 15 is 0 Å². The molecule has 2 rings (SSSR count). The maximum Gasteiger partial charge on any atom is 0.283 e. The van der Waals surface area contributed by atoms with Crippen molar-refractivity contribution < 1.29 is 0 Å². The van der Waals surface area contributed by atoms with Gasteiger partial charge in [-0.15, -0.1) is 0 Å². The summed E-state index contributed by atoms with van der Waals surface area (Å²) >= 11 is 3.43. The van der Waals surface area contributed by atoms with Gasteiger partial charge in [0, 0.05) is 12.6 Å². The summed E-state index contributed by atoms with van der Waals surface area (Å²) in [6, 6.07) is 0.434. The Morgan fingerprint density at radius 2 is 2.15 bits per heavy atom. The lowest BCUT2D eigenvalue weighted by molar-refractivity contribution is 0.434. The summed E-state index contributed by atoms with van der Waals surface area (Å²) in [4.78, 5) is 12.3. The number of aromatic nitrogens is 2. The van der Waals surface area contributed by atoms with Gasteiger partial charge in [0.1, 0.15) is 4.47 Å². The minimum absolute atomic E-state index is 0.0533. The second kappa shape index (κ2) is 6.29. The van der Waals surface area contributed by atoms with Crippen molar-refractivity contribution in [2.75, 3.05) is 5.32 Å². The van der Waals surface area contributed by atoms with E-state index in [1.807, 2.05) is 0 Å². The molecule has 0 amide bonds. The van der Waals surface area contributed by atoms with Crippen LogP contribution >= 0.6 is 15.9 Å². The number of nitrogens with one attached hydrogen (secondary N) is 1. The van der Waals surface area contributed by atoms with E-state index in [0.29, 0.717) is 28.9 Å². The predicted octanol–water partition coefficient (Wildman–Crippen LogP) is 3.51. The first kappa shape index (κ1) is 15.5. The molecule has 1 heterocycles. The topological polar surface area (TPSA) is 46.9 Å². The average Bonchev–Trinajstić information content (AvgIpc) is 2.70. The van der Waals surface area contributed by atoms with E-state index in [9.17, 15) is 4.79 Å². The monoisotopic (exact) mass is 341 g/mol. The first-order valence-corrected chi connectivity index (χ1v) is 8.21. The first-order valence-electron chi connectivity index (χ1n) is 7.42. The molecule has 4 nitrogen and oxygen atoms in total. The van der Waals surface area contributed by atoms with E-state index in [4.69, 9.17) is 0 Å². The smallest absolute Gasteiger partial charge is 0.283 e. The molecule has 0 saturated heterocycles. The molecule has 0 radical (unpaired) electrons. The van der Waals surface area contributed by atoms with Gasteiger partial charge in [0.05, 0.1) is 11.9 Å². The van der Waals surface area contributed by atoms with Gasteiger partial charge in [0.25, 0.3) is 5.56 Å². The van der Waals surface area contributed by atoms with Crippen molar-refractivity contribution in [3.05, 3.63) is 21.0 Å². The van der Waals surface area contributed by atoms with E-state index in [2.05, 4.69) is 54.0 Å². The van der Waals surface area contributed by atoms with Crippen LogP contribution in [0.4, 0.5) is 5.69 Å². The van der Waals surface area contributed by atoms with Crippen LogP contribution in [-0.2, 0) is 6.54 Å². The summed E-state index contributed by atoms with van der Waals surface area (Å²) < 4.78 is 2.13. The molecule has 1 aromatic rings. The van der Waals surface area contributed by atoms with E-state index in [1.165, 1.54) is 11.1 Å². The third-order valence-electron chi connectivity index (χ3n) is 4.33. The van der Waals surface area contributed by atoms with Crippen molar-refractivity contribution in [3.8, 4) is 0 Å². The molecular weight excluding hydrogens is 318 g/mol. The minimum Gasteiger partial charge on any atom is -0.380 e. The van der Waals surface area contributed by atoms with Gasteiger partial charge in [0.15, 0.2) is 0 Å². The van der Waals surface area contributed by atoms with E-state index in [1.54, 1.807) is 6.20 Å². The van der Waals surface area contributed by atoms with Crippen LogP contribution in [0, 0.1) is 17.8 Å². The van der Waals surface area contributed by atoms with Gasteiger partial charge >= 0.3 is 0 Å². The fourth-order valence-corrected chi connectivity index (χ4v) is 3.23. The van der Waals surface area contributed by atoms with Gasteiger partial charge in [-0.25, -0.2) is 4.68 Å². The second-order valence-electron chi connectivity index (χ2n) is 6.42. The lowest BCUT2D eigenvalue weighted by atomic mass is 9.98. The summed E-state index contributed by atoms with van der Waals surface area (Å²) in [6.07, 6.45) is 4.17. The van der Waals surface area contributed by atoms with Crippen molar-refractivity contribution in [1.82, 2.24) is 9.78 Å². The Balaban J connectivity index is 2.18. The fraction of sp³-hybridized carbons (Fsp3) is 0.733. The Labute approximate surface area is 129 Å². The molecular formula is C15H24BrN3O. The van der Waals surface area contributed by atoms with Crippen LogP contribution in [0.1, 0.15) is 40.5 Å². The summed E-state index contributed by atoms with van der Waals surface area (Å²) in [5.41, 5.74) is 0.767. The number of anilines is 1. The zero-order chi connectivity index (χ0) is 14.9. The van der Waals surface area contributed by atoms with E-state index < -0.39 is 0 Å². The molecule has 1 aliphatic rings. The number of halogens is 1. The van der Waals surface area contributed by atoms with Gasteiger partial charge in [-0.1, -0.05) is 27.7 Å². The lowest BCUT2D eigenvalue weighted by Crippen LogP contribution is -2.29. The maximum absolute atomic E-state index is 12.3. The summed E-state index contributed by atoms with van der Waals surface area (Å²) in [5, 5.41) is 7.76. The number of hydrogen-bond donors (Lipinski definition) is 1. The van der Waals surface area contributed by atoms with E-state index in [-0.39, 0.29) is 5.56 Å². The Morgan fingerprint density at radius 1 is 1.45 bits per heavy atom. The molecule has 1 fully saturated rings. The van der Waals surface area contributed by atoms with Crippen molar-refractivity contribution in [2.45, 2.75) is 53.1 Å². The second-order valence-corrected chi connectivity index (χ2v) is 7.21. The first-order chi connectivity index (χ1) is 9.40. The van der Waals surface area contributed by atoms with Gasteiger partial charge in [-0.3, -0.25) is 4.79 Å². The predicted molar refractivity (Wildman–Crippen MR) is 86.0 cm³/mol. The minimum atomic E-state index is -0.0533. The Bertz CT molecular complexity index is 526. The van der Waals surface area contributed by atoms with Crippen molar-refractivity contribution in [2.24, 2.45) is 17.8 Å². The number of hydrogen-bond acceptors (Lipinski definition) is 3. The SMILES string of the molecule is CC(C)Cn1ncc(NC2CCC(C)C2C)c(Br)c1=O. The van der Waals surface area contributed by atoms with Gasteiger partial charge in [-0.2, -0.15) is 5.10 Å². The highest BCUT2D eigenvalue weighted by molar-refractivity contribution is 9.10. The Kier molecular flexibility index (Phi) is 4.89. The van der Waals surface area contributed by atoms with Crippen LogP contribution in [0.2, 0.25) is 0 Å². The summed E-state index contributed by atoms with van der Waals surface area (Å²) in [5.74, 6) is 1.77. The van der Waals surface area contributed by atoms with E-state index in [0.717, 1.165) is 18.0 Å². The zero-order valence-corrected chi connectivity index (χ0v) is 14.3. The van der Waals surface area contributed by atoms with Crippen LogP contribution in [0.15, 0.2) is 15.5 Å². The van der Waals surface area contributed by atoms with Crippen LogP contribution in [-0.4, -0.2) is 15.8 Å². The van der Waals surface area contributed by atoms with Crippen LogP contribution in [0.5, 0.6) is 0 Å². The third-order valence-corrected chi connectivity index (χ3v) is 5.10. The van der Waals surface area contributed by atoms with Crippen LogP contribution in [0.3, 0.4) is 0 Å². The Morgan fingerprint density at radius 3 is 2.70 bits per heavy atom. The molecule has 20 heavy (non-hydrogen) atoms. The third kappa shape index (κ3) is 3.25. The standard InChI is InChI=1S/C15H24BrN3O/c1-9(2)8-19-15(20)14(16)13(7-17-19)18-12-6-5-10(3)11(12)4/h7,9-12,18H,5-6,8H2,1-4H3. The number of nitrogens with zero attached hydrogens (tertiary/aromatic N) is 2. The molecule has 1 aliphatic carbocycles. The molecule has 0 bridgehead atoms. The highest BCUT2D eigenvalue weighted by atomic mass is 79.9. The molecule has 0 aliphatic heterocycles. The molecule has 0 aromatic carbocycles. The van der Waals surface area contributed by atoms with Crippen LogP contribution in [0.25, 0.3) is 0 Å². The maximum atomic E-state index is 12.3. The molecule has 1 aromatic heterocycles. The summed E-state index contributed by atoms with van der Waals surface area (Å²) in [6.45, 7) is 9.37. The highest BCUT2D eigenvalue weighted by Crippen LogP contribution is 2.34. The molecule has 3 unspecified atom stereocenters. The quantitative estimate of drug-likeness (QED) is 0.911. The lowest BCUT2D eigenvalue weighted by Gasteiger charge is -2.21. The molecule has 112 valence electrons. The average molecular weight is 342 g/mol.